The minimum absolute atomic E-state index is 0.0681. The molecule has 0 saturated carbocycles. The van der Waals surface area contributed by atoms with E-state index >= 15 is 0 Å². The van der Waals surface area contributed by atoms with Gasteiger partial charge in [-0.05, 0) is 18.4 Å². The zero-order valence-electron chi connectivity index (χ0n) is 15.5. The molecular formula is C18H24N4O5. The van der Waals surface area contributed by atoms with Gasteiger partial charge in [0.1, 0.15) is 12.6 Å². The maximum absolute atomic E-state index is 12.6. The summed E-state index contributed by atoms with van der Waals surface area (Å²) in [6.45, 7) is 0.472. The number of hydroxylamine groups is 3. The largest absolute Gasteiger partial charge is 0.347 e. The van der Waals surface area contributed by atoms with Crippen LogP contribution >= 0.6 is 0 Å². The Bertz CT molecular complexity index is 696. The van der Waals surface area contributed by atoms with Gasteiger partial charge in [0, 0.05) is 20.6 Å². The van der Waals surface area contributed by atoms with Crippen LogP contribution in [-0.4, -0.2) is 72.0 Å². The summed E-state index contributed by atoms with van der Waals surface area (Å²) in [5.74, 6) is -0.699. The third kappa shape index (κ3) is 4.37. The van der Waals surface area contributed by atoms with Gasteiger partial charge >= 0.3 is 6.03 Å². The Balaban J connectivity index is 1.52. The van der Waals surface area contributed by atoms with E-state index in [0.717, 1.165) is 5.56 Å². The van der Waals surface area contributed by atoms with E-state index in [-0.39, 0.29) is 24.6 Å². The number of carbonyl (C=O) groups excluding carboxylic acids is 3. The monoisotopic (exact) mass is 376 g/mol. The number of carbonyl (C=O) groups is 3. The minimum atomic E-state index is -0.631. The van der Waals surface area contributed by atoms with E-state index in [9.17, 15) is 14.4 Å². The van der Waals surface area contributed by atoms with E-state index in [1.54, 1.807) is 14.1 Å². The number of piperidine rings is 1. The zero-order chi connectivity index (χ0) is 19.4. The Kier molecular flexibility index (Phi) is 5.92. The Morgan fingerprint density at radius 2 is 1.96 bits per heavy atom. The van der Waals surface area contributed by atoms with E-state index in [4.69, 9.17) is 9.68 Å². The summed E-state index contributed by atoms with van der Waals surface area (Å²) in [6.07, 6.45) is 1.17. The molecule has 1 aromatic carbocycles. The molecule has 4 amide bonds. The SMILES string of the molecule is CN(C)C(=O)CONC(=O)[C@@H]1CC[C@@H]2CN1C(=O)N2OCc1ccccc1. The summed E-state index contributed by atoms with van der Waals surface area (Å²) < 4.78 is 0. The van der Waals surface area contributed by atoms with Gasteiger partial charge in [0.05, 0.1) is 6.04 Å². The molecule has 3 rings (SSSR count). The van der Waals surface area contributed by atoms with E-state index in [2.05, 4.69) is 5.48 Å². The summed E-state index contributed by atoms with van der Waals surface area (Å²) in [7, 11) is 3.20. The van der Waals surface area contributed by atoms with Crippen LogP contribution in [-0.2, 0) is 25.9 Å². The van der Waals surface area contributed by atoms with E-state index in [1.165, 1.54) is 14.9 Å². The molecule has 0 unspecified atom stereocenters. The summed E-state index contributed by atoms with van der Waals surface area (Å²) in [6, 6.07) is 8.57. The van der Waals surface area contributed by atoms with Crippen LogP contribution in [0.3, 0.4) is 0 Å². The molecule has 2 fully saturated rings. The van der Waals surface area contributed by atoms with Gasteiger partial charge < -0.3 is 9.80 Å². The molecule has 2 atom stereocenters. The van der Waals surface area contributed by atoms with Gasteiger partial charge in [-0.15, -0.1) is 0 Å². The summed E-state index contributed by atoms with van der Waals surface area (Å²) >= 11 is 0. The average molecular weight is 376 g/mol. The highest BCUT2D eigenvalue weighted by molar-refractivity contribution is 5.88. The number of benzene rings is 1. The van der Waals surface area contributed by atoms with E-state index in [1.807, 2.05) is 30.3 Å². The number of rotatable bonds is 7. The standard InChI is InChI=1S/C18H24N4O5/c1-20(2)16(23)12-26-19-17(24)15-9-8-14-10-21(15)18(25)22(14)27-11-13-6-4-3-5-7-13/h3-7,14-15H,8-12H2,1-2H3,(H,19,24)/t14-,15+/m1/s1. The molecule has 1 N–H and O–H groups in total. The van der Waals surface area contributed by atoms with Gasteiger partial charge in [0.2, 0.25) is 0 Å². The number of urea groups is 1. The van der Waals surface area contributed by atoms with Crippen LogP contribution in [0.2, 0.25) is 0 Å². The fourth-order valence-electron chi connectivity index (χ4n) is 3.15. The molecular weight excluding hydrogens is 352 g/mol. The van der Waals surface area contributed by atoms with Crippen molar-refractivity contribution in [1.82, 2.24) is 20.3 Å². The molecule has 9 nitrogen and oxygen atoms in total. The molecule has 0 radical (unpaired) electrons. The second-order valence-electron chi connectivity index (χ2n) is 6.81. The normalized spacial score (nSPS) is 21.3. The number of amides is 4. The predicted molar refractivity (Wildman–Crippen MR) is 94.8 cm³/mol. The maximum Gasteiger partial charge on any atom is 0.345 e. The summed E-state index contributed by atoms with van der Waals surface area (Å²) in [4.78, 5) is 50.0. The Morgan fingerprint density at radius 3 is 2.67 bits per heavy atom. The van der Waals surface area contributed by atoms with Crippen molar-refractivity contribution < 1.29 is 24.1 Å². The van der Waals surface area contributed by atoms with Gasteiger partial charge in [-0.25, -0.2) is 10.3 Å². The van der Waals surface area contributed by atoms with Crippen molar-refractivity contribution in [3.8, 4) is 0 Å². The Labute approximate surface area is 157 Å². The quantitative estimate of drug-likeness (QED) is 0.701. The molecule has 0 aromatic heterocycles. The van der Waals surface area contributed by atoms with Crippen LogP contribution in [0.1, 0.15) is 18.4 Å². The molecule has 27 heavy (non-hydrogen) atoms. The van der Waals surface area contributed by atoms with Crippen molar-refractivity contribution in [2.75, 3.05) is 27.2 Å². The molecule has 1 aromatic rings. The lowest BCUT2D eigenvalue weighted by Crippen LogP contribution is -2.50. The second-order valence-corrected chi connectivity index (χ2v) is 6.81. The van der Waals surface area contributed by atoms with Crippen molar-refractivity contribution in [2.24, 2.45) is 0 Å². The van der Waals surface area contributed by atoms with Crippen LogP contribution in [0.5, 0.6) is 0 Å². The van der Waals surface area contributed by atoms with Crippen molar-refractivity contribution in [3.05, 3.63) is 35.9 Å². The zero-order valence-corrected chi connectivity index (χ0v) is 15.5. The van der Waals surface area contributed by atoms with Crippen LogP contribution in [0.4, 0.5) is 4.79 Å². The Morgan fingerprint density at radius 1 is 1.22 bits per heavy atom. The Hall–Kier alpha value is -2.65. The van der Waals surface area contributed by atoms with Crippen LogP contribution in [0, 0.1) is 0 Å². The van der Waals surface area contributed by atoms with E-state index in [0.29, 0.717) is 26.0 Å². The number of nitrogens with one attached hydrogen (secondary N) is 1. The van der Waals surface area contributed by atoms with Gasteiger partial charge in [-0.2, -0.15) is 5.06 Å². The average Bonchev–Trinajstić information content (AvgIpc) is 2.91. The first-order chi connectivity index (χ1) is 13.0. The minimum Gasteiger partial charge on any atom is -0.347 e. The highest BCUT2D eigenvalue weighted by atomic mass is 16.7. The summed E-state index contributed by atoms with van der Waals surface area (Å²) in [5.41, 5.74) is 3.24. The topological polar surface area (TPSA) is 91.4 Å². The maximum atomic E-state index is 12.6. The van der Waals surface area contributed by atoms with Crippen LogP contribution in [0.25, 0.3) is 0 Å². The van der Waals surface area contributed by atoms with Gasteiger partial charge in [-0.3, -0.25) is 19.3 Å². The van der Waals surface area contributed by atoms with Crippen molar-refractivity contribution >= 4 is 17.8 Å². The fourth-order valence-corrected chi connectivity index (χ4v) is 3.15. The van der Waals surface area contributed by atoms with Crippen molar-refractivity contribution in [3.63, 3.8) is 0 Å². The molecule has 2 saturated heterocycles. The highest BCUT2D eigenvalue weighted by Crippen LogP contribution is 2.30. The lowest BCUT2D eigenvalue weighted by Gasteiger charge is -2.28. The molecule has 0 aliphatic carbocycles. The smallest absolute Gasteiger partial charge is 0.345 e. The third-order valence-electron chi connectivity index (χ3n) is 4.71. The first-order valence-corrected chi connectivity index (χ1v) is 8.86. The van der Waals surface area contributed by atoms with Crippen molar-refractivity contribution in [1.29, 1.82) is 0 Å². The second kappa shape index (κ2) is 8.36. The fraction of sp³-hybridized carbons (Fsp3) is 0.500. The van der Waals surface area contributed by atoms with Crippen molar-refractivity contribution in [2.45, 2.75) is 31.5 Å². The van der Waals surface area contributed by atoms with Crippen LogP contribution < -0.4 is 5.48 Å². The van der Waals surface area contributed by atoms with Crippen LogP contribution in [0.15, 0.2) is 30.3 Å². The van der Waals surface area contributed by atoms with E-state index < -0.39 is 11.9 Å². The lowest BCUT2D eigenvalue weighted by molar-refractivity contribution is -0.146. The number of hydrogen-bond acceptors (Lipinski definition) is 5. The number of nitrogens with zero attached hydrogens (tertiary/aromatic N) is 3. The van der Waals surface area contributed by atoms with Gasteiger partial charge in [0.25, 0.3) is 11.8 Å². The number of fused-ring (bicyclic) bond motifs is 2. The lowest BCUT2D eigenvalue weighted by atomic mass is 10.0. The first-order valence-electron chi connectivity index (χ1n) is 8.86. The molecule has 0 spiro atoms. The summed E-state index contributed by atoms with van der Waals surface area (Å²) in [5, 5.41) is 1.37. The molecule has 146 valence electrons. The first kappa shape index (κ1) is 19.1. The van der Waals surface area contributed by atoms with Gasteiger partial charge in [0.15, 0.2) is 6.61 Å². The van der Waals surface area contributed by atoms with Gasteiger partial charge in [-0.1, -0.05) is 30.3 Å². The number of likely N-dealkylation sites (N-methyl/N-ethyl adjacent to an activating group) is 1. The third-order valence-corrected chi connectivity index (χ3v) is 4.71. The number of hydrogen-bond donors (Lipinski definition) is 1. The molecule has 2 aliphatic heterocycles. The molecule has 2 heterocycles. The molecule has 2 aliphatic rings. The highest BCUT2D eigenvalue weighted by Gasteiger charge is 2.48. The molecule has 9 heteroatoms. The predicted octanol–water partition coefficient (Wildman–Crippen LogP) is 0.523. The molecule has 2 bridgehead atoms.